The highest BCUT2D eigenvalue weighted by Crippen LogP contribution is 2.38. The van der Waals surface area contributed by atoms with Gasteiger partial charge in [-0.15, -0.1) is 11.3 Å². The monoisotopic (exact) mass is 293 g/mol. The number of nitrogens with two attached hydrogens (primary N) is 1. The van der Waals surface area contributed by atoms with Crippen LogP contribution in [0, 0.1) is 13.8 Å². The molecule has 0 aliphatic rings. The van der Waals surface area contributed by atoms with Crippen molar-refractivity contribution in [3.63, 3.8) is 0 Å². The second-order valence-electron chi connectivity index (χ2n) is 4.56. The van der Waals surface area contributed by atoms with E-state index in [0.29, 0.717) is 0 Å². The lowest BCUT2D eigenvalue weighted by Crippen LogP contribution is -2.25. The lowest BCUT2D eigenvalue weighted by atomic mass is 10.1. The fourth-order valence-electron chi connectivity index (χ4n) is 1.88. The predicted molar refractivity (Wildman–Crippen MR) is 82.7 cm³/mol. The van der Waals surface area contributed by atoms with Gasteiger partial charge >= 0.3 is 0 Å². The Morgan fingerprint density at radius 1 is 1.32 bits per heavy atom. The first kappa shape index (κ1) is 14.5. The van der Waals surface area contributed by atoms with Gasteiger partial charge in [0.2, 0.25) is 0 Å². The number of aryl methyl sites for hydroxylation is 2. The Hall–Kier alpha value is -0.910. The molecule has 2 aromatic rings. The molecule has 0 aliphatic heterocycles. The fourth-order valence-corrected chi connectivity index (χ4v) is 4.16. The molecule has 5 heteroatoms. The molecule has 2 rings (SSSR count). The fraction of sp³-hybridized carbons (Fsp3) is 0.429. The van der Waals surface area contributed by atoms with Crippen LogP contribution in [0.15, 0.2) is 28.7 Å². The van der Waals surface area contributed by atoms with E-state index in [2.05, 4.69) is 34.4 Å². The molecule has 0 bridgehead atoms. The van der Waals surface area contributed by atoms with E-state index in [1.165, 1.54) is 4.88 Å². The summed E-state index contributed by atoms with van der Waals surface area (Å²) in [6.07, 6.45) is 0.945. The molecule has 2 atom stereocenters. The minimum atomic E-state index is 0.119. The maximum Gasteiger partial charge on any atom is 0.188 e. The van der Waals surface area contributed by atoms with Crippen molar-refractivity contribution in [2.45, 2.75) is 43.6 Å². The molecule has 0 aliphatic carbocycles. The maximum absolute atomic E-state index is 6.26. The largest absolute Gasteiger partial charge is 0.326 e. The molecule has 2 aromatic heterocycles. The second kappa shape index (κ2) is 6.50. The highest BCUT2D eigenvalue weighted by Gasteiger charge is 2.22. The molecule has 0 aromatic carbocycles. The normalized spacial score (nSPS) is 14.3. The summed E-state index contributed by atoms with van der Waals surface area (Å²) in [5, 5.41) is 3.14. The Morgan fingerprint density at radius 3 is 2.53 bits per heavy atom. The average molecular weight is 293 g/mol. The lowest BCUT2D eigenvalue weighted by Gasteiger charge is -2.20. The SMILES string of the molecule is CCC(N)C(Sc1nc(C)cc(C)n1)c1cccs1. The molecule has 2 heterocycles. The van der Waals surface area contributed by atoms with Gasteiger partial charge in [-0.25, -0.2) is 9.97 Å². The molecule has 102 valence electrons. The van der Waals surface area contributed by atoms with E-state index in [1.54, 1.807) is 23.1 Å². The number of nitrogens with zero attached hydrogens (tertiary/aromatic N) is 2. The van der Waals surface area contributed by atoms with Gasteiger partial charge in [0, 0.05) is 22.3 Å². The van der Waals surface area contributed by atoms with Gasteiger partial charge in [-0.3, -0.25) is 0 Å². The van der Waals surface area contributed by atoms with E-state index in [0.717, 1.165) is 23.0 Å². The Bertz CT molecular complexity index is 505. The first-order valence-electron chi connectivity index (χ1n) is 6.38. The number of hydrogen-bond donors (Lipinski definition) is 1. The van der Waals surface area contributed by atoms with Gasteiger partial charge in [0.15, 0.2) is 5.16 Å². The van der Waals surface area contributed by atoms with E-state index >= 15 is 0 Å². The van der Waals surface area contributed by atoms with Crippen LogP contribution in [0.2, 0.25) is 0 Å². The minimum Gasteiger partial charge on any atom is -0.326 e. The molecule has 0 fully saturated rings. The Morgan fingerprint density at radius 2 is 2.00 bits per heavy atom. The molecular weight excluding hydrogens is 274 g/mol. The summed E-state index contributed by atoms with van der Waals surface area (Å²) >= 11 is 3.42. The molecule has 0 spiro atoms. The number of thiophene rings is 1. The van der Waals surface area contributed by atoms with Crippen molar-refractivity contribution in [1.29, 1.82) is 0 Å². The Balaban J connectivity index is 2.25. The van der Waals surface area contributed by atoms with E-state index in [4.69, 9.17) is 5.73 Å². The van der Waals surface area contributed by atoms with Crippen LogP contribution < -0.4 is 5.73 Å². The number of hydrogen-bond acceptors (Lipinski definition) is 5. The third kappa shape index (κ3) is 3.78. The molecule has 0 saturated heterocycles. The van der Waals surface area contributed by atoms with Gasteiger partial charge in [-0.1, -0.05) is 24.8 Å². The molecule has 0 amide bonds. The summed E-state index contributed by atoms with van der Waals surface area (Å²) in [7, 11) is 0. The average Bonchev–Trinajstić information content (AvgIpc) is 2.87. The van der Waals surface area contributed by atoms with Crippen molar-refractivity contribution in [2.75, 3.05) is 0 Å². The number of thioether (sulfide) groups is 1. The summed E-state index contributed by atoms with van der Waals surface area (Å²) in [5.41, 5.74) is 8.27. The Labute approximate surface area is 122 Å². The maximum atomic E-state index is 6.26. The zero-order valence-electron chi connectivity index (χ0n) is 11.5. The zero-order valence-corrected chi connectivity index (χ0v) is 13.1. The predicted octanol–water partition coefficient (Wildman–Crippen LogP) is 3.73. The lowest BCUT2D eigenvalue weighted by molar-refractivity contribution is 0.638. The first-order valence-corrected chi connectivity index (χ1v) is 8.14. The van der Waals surface area contributed by atoms with Gasteiger partial charge in [0.25, 0.3) is 0 Å². The van der Waals surface area contributed by atoms with Crippen molar-refractivity contribution in [3.8, 4) is 0 Å². The summed E-state index contributed by atoms with van der Waals surface area (Å²) < 4.78 is 0. The molecule has 19 heavy (non-hydrogen) atoms. The quantitative estimate of drug-likeness (QED) is 0.674. The summed E-state index contributed by atoms with van der Waals surface area (Å²) in [5.74, 6) is 0. The highest BCUT2D eigenvalue weighted by molar-refractivity contribution is 7.99. The zero-order chi connectivity index (χ0) is 13.8. The van der Waals surface area contributed by atoms with Crippen LogP contribution in [0.5, 0.6) is 0 Å². The highest BCUT2D eigenvalue weighted by atomic mass is 32.2. The van der Waals surface area contributed by atoms with E-state index in [9.17, 15) is 0 Å². The standard InChI is InChI=1S/C14H19N3S2/c1-4-11(15)13(12-6-5-7-18-12)19-14-16-9(2)8-10(3)17-14/h5-8,11,13H,4,15H2,1-3H3. The second-order valence-corrected chi connectivity index (χ2v) is 6.65. The topological polar surface area (TPSA) is 51.8 Å². The molecule has 0 saturated carbocycles. The van der Waals surface area contributed by atoms with Crippen LogP contribution >= 0.6 is 23.1 Å². The van der Waals surface area contributed by atoms with Crippen LogP contribution in [0.3, 0.4) is 0 Å². The molecule has 2 N–H and O–H groups in total. The van der Waals surface area contributed by atoms with Crippen LogP contribution in [-0.2, 0) is 0 Å². The van der Waals surface area contributed by atoms with Crippen molar-refractivity contribution >= 4 is 23.1 Å². The molecule has 3 nitrogen and oxygen atoms in total. The molecule has 0 radical (unpaired) electrons. The van der Waals surface area contributed by atoms with Gasteiger partial charge < -0.3 is 5.73 Å². The van der Waals surface area contributed by atoms with Gasteiger partial charge in [-0.2, -0.15) is 0 Å². The van der Waals surface area contributed by atoms with Gasteiger partial charge in [0.05, 0.1) is 5.25 Å². The molecular formula is C14H19N3S2. The van der Waals surface area contributed by atoms with Crippen molar-refractivity contribution in [3.05, 3.63) is 39.8 Å². The van der Waals surface area contributed by atoms with Crippen LogP contribution in [-0.4, -0.2) is 16.0 Å². The van der Waals surface area contributed by atoms with E-state index in [1.807, 2.05) is 19.9 Å². The number of aromatic nitrogens is 2. The number of rotatable bonds is 5. The third-order valence-corrected chi connectivity index (χ3v) is 5.23. The van der Waals surface area contributed by atoms with Crippen LogP contribution in [0.1, 0.15) is 34.9 Å². The summed E-state index contributed by atoms with van der Waals surface area (Å²) in [6.45, 7) is 6.12. The summed E-state index contributed by atoms with van der Waals surface area (Å²) in [6, 6.07) is 6.32. The summed E-state index contributed by atoms with van der Waals surface area (Å²) in [4.78, 5) is 10.3. The van der Waals surface area contributed by atoms with Crippen molar-refractivity contribution in [1.82, 2.24) is 9.97 Å². The first-order chi connectivity index (χ1) is 9.10. The van der Waals surface area contributed by atoms with Gasteiger partial charge in [0.1, 0.15) is 0 Å². The van der Waals surface area contributed by atoms with E-state index < -0.39 is 0 Å². The van der Waals surface area contributed by atoms with Crippen molar-refractivity contribution in [2.24, 2.45) is 5.73 Å². The smallest absolute Gasteiger partial charge is 0.188 e. The van der Waals surface area contributed by atoms with Crippen LogP contribution in [0.4, 0.5) is 0 Å². The Kier molecular flexibility index (Phi) is 4.96. The van der Waals surface area contributed by atoms with E-state index in [-0.39, 0.29) is 11.3 Å². The van der Waals surface area contributed by atoms with Gasteiger partial charge in [-0.05, 0) is 37.8 Å². The third-order valence-electron chi connectivity index (χ3n) is 2.88. The minimum absolute atomic E-state index is 0.119. The molecule has 2 unspecified atom stereocenters. The van der Waals surface area contributed by atoms with Crippen molar-refractivity contribution < 1.29 is 0 Å². The van der Waals surface area contributed by atoms with Crippen LogP contribution in [0.25, 0.3) is 0 Å².